The molecular formula is C39H45N3O6S. The van der Waals surface area contributed by atoms with Crippen LogP contribution in [-0.4, -0.2) is 56.6 Å². The summed E-state index contributed by atoms with van der Waals surface area (Å²) in [5.74, 6) is -0.492. The summed E-state index contributed by atoms with van der Waals surface area (Å²) >= 11 is 0. The van der Waals surface area contributed by atoms with Crippen LogP contribution in [0.25, 0.3) is 0 Å². The number of nitrogens with zero attached hydrogens (tertiary/aromatic N) is 1. The topological polar surface area (TPSA) is 117 Å². The minimum Gasteiger partial charge on any atom is -0.392 e. The molecule has 1 aliphatic rings. The van der Waals surface area contributed by atoms with Gasteiger partial charge < -0.3 is 24.8 Å². The quantitative estimate of drug-likeness (QED) is 0.141. The van der Waals surface area contributed by atoms with E-state index >= 15 is 0 Å². The second-order valence-electron chi connectivity index (χ2n) is 12.6. The second kappa shape index (κ2) is 16.5. The van der Waals surface area contributed by atoms with Crippen molar-refractivity contribution in [3.63, 3.8) is 0 Å². The molecule has 1 saturated heterocycles. The Hall–Kier alpha value is -4.16. The zero-order valence-electron chi connectivity index (χ0n) is 28.2. The van der Waals surface area contributed by atoms with E-state index in [1.807, 2.05) is 86.8 Å². The maximum absolute atomic E-state index is 13.8. The lowest BCUT2D eigenvalue weighted by atomic mass is 9.90. The maximum Gasteiger partial charge on any atom is 0.242 e. The van der Waals surface area contributed by atoms with Gasteiger partial charge in [-0.05, 0) is 61.3 Å². The van der Waals surface area contributed by atoms with Crippen LogP contribution in [0.3, 0.4) is 0 Å². The third kappa shape index (κ3) is 9.51. The van der Waals surface area contributed by atoms with Crippen LogP contribution in [0.5, 0.6) is 0 Å². The van der Waals surface area contributed by atoms with Crippen LogP contribution in [-0.2, 0) is 37.3 Å². The smallest absolute Gasteiger partial charge is 0.242 e. The average molecular weight is 684 g/mol. The summed E-state index contributed by atoms with van der Waals surface area (Å²) in [6.45, 7) is 9.16. The zero-order valence-corrected chi connectivity index (χ0v) is 29.0. The van der Waals surface area contributed by atoms with Crippen LogP contribution in [0.2, 0.25) is 0 Å². The predicted molar refractivity (Wildman–Crippen MR) is 191 cm³/mol. The van der Waals surface area contributed by atoms with Crippen molar-refractivity contribution < 1.29 is 27.8 Å². The van der Waals surface area contributed by atoms with E-state index in [-0.39, 0.29) is 36.0 Å². The molecule has 0 bridgehead atoms. The van der Waals surface area contributed by atoms with E-state index in [1.165, 1.54) is 12.1 Å². The van der Waals surface area contributed by atoms with Gasteiger partial charge in [-0.3, -0.25) is 4.79 Å². The Labute approximate surface area is 289 Å². The van der Waals surface area contributed by atoms with Crippen molar-refractivity contribution in [3.05, 3.63) is 144 Å². The first-order valence-corrected chi connectivity index (χ1v) is 17.9. The molecule has 1 heterocycles. The predicted octanol–water partition coefficient (Wildman–Crippen LogP) is 5.92. The standard InChI is InChI=1S/C39H45N3O6S/c1-5-22-42(4)25-36-28(3)37(31-18-16-30(26-43)17-19-31)48-39(47-36)32-12-9-13-33(24-32)40-38(44)35(23-29-10-7-6-8-11-29)41-49(45,46)34-20-14-27(2)15-21-34/h5-21,24,28,35-37,39,41,43H,1,22-23,25-26H2,2-4H3,(H,40,44)/t28-,35-,36+,37+,39+/m1/s1. The minimum absolute atomic E-state index is 0.00618. The van der Waals surface area contributed by atoms with E-state index in [2.05, 4.69) is 28.4 Å². The number of likely N-dealkylation sites (N-methyl/N-ethyl adjacent to an activating group) is 1. The van der Waals surface area contributed by atoms with Gasteiger partial charge in [-0.1, -0.05) is 97.4 Å². The highest BCUT2D eigenvalue weighted by atomic mass is 32.2. The molecule has 1 aliphatic heterocycles. The van der Waals surface area contributed by atoms with Crippen molar-refractivity contribution in [3.8, 4) is 0 Å². The fraction of sp³-hybridized carbons (Fsp3) is 0.308. The highest BCUT2D eigenvalue weighted by Gasteiger charge is 2.39. The van der Waals surface area contributed by atoms with Crippen molar-refractivity contribution in [2.45, 2.75) is 56.3 Å². The molecule has 0 saturated carbocycles. The molecule has 1 fully saturated rings. The van der Waals surface area contributed by atoms with Gasteiger partial charge in [-0.25, -0.2) is 8.42 Å². The van der Waals surface area contributed by atoms with Gasteiger partial charge in [0.2, 0.25) is 15.9 Å². The van der Waals surface area contributed by atoms with Crippen LogP contribution >= 0.6 is 0 Å². The van der Waals surface area contributed by atoms with Crippen molar-refractivity contribution in [2.24, 2.45) is 5.92 Å². The molecule has 0 aliphatic carbocycles. The molecule has 1 amide bonds. The number of carbonyl (C=O) groups is 1. The Kier molecular flexibility index (Phi) is 12.2. The third-order valence-electron chi connectivity index (χ3n) is 8.71. The monoisotopic (exact) mass is 683 g/mol. The Bertz CT molecular complexity index is 1800. The number of ether oxygens (including phenoxy) is 2. The largest absolute Gasteiger partial charge is 0.392 e. The van der Waals surface area contributed by atoms with E-state index in [0.29, 0.717) is 24.3 Å². The SMILES string of the molecule is C=CCN(C)C[C@@H]1O[C@H](c2cccc(NC(=O)[C@@H](Cc3ccccc3)NS(=O)(=O)c3ccc(C)cc3)c2)O[C@H](c2ccc(CO)cc2)[C@@H]1C. The highest BCUT2D eigenvalue weighted by molar-refractivity contribution is 7.89. The summed E-state index contributed by atoms with van der Waals surface area (Å²) < 4.78 is 42.5. The summed E-state index contributed by atoms with van der Waals surface area (Å²) in [4.78, 5) is 16.0. The number of amides is 1. The number of benzene rings is 4. The van der Waals surface area contributed by atoms with Gasteiger partial charge >= 0.3 is 0 Å². The minimum atomic E-state index is -4.00. The first-order valence-electron chi connectivity index (χ1n) is 16.4. The number of nitrogens with one attached hydrogen (secondary N) is 2. The molecule has 49 heavy (non-hydrogen) atoms. The van der Waals surface area contributed by atoms with Crippen molar-refractivity contribution in [1.29, 1.82) is 0 Å². The number of anilines is 1. The third-order valence-corrected chi connectivity index (χ3v) is 10.2. The van der Waals surface area contributed by atoms with Crippen LogP contribution in [0.15, 0.2) is 121 Å². The summed E-state index contributed by atoms with van der Waals surface area (Å²) in [5.41, 5.74) is 4.72. The van der Waals surface area contributed by atoms with Gasteiger partial charge in [-0.15, -0.1) is 6.58 Å². The average Bonchev–Trinajstić information content (AvgIpc) is 3.09. The molecule has 0 spiro atoms. The molecule has 5 atom stereocenters. The molecule has 0 radical (unpaired) electrons. The normalized spacial score (nSPS) is 20.1. The lowest BCUT2D eigenvalue weighted by Crippen LogP contribution is -2.45. The molecule has 0 aromatic heterocycles. The molecule has 9 nitrogen and oxygen atoms in total. The maximum atomic E-state index is 13.8. The number of sulfonamides is 1. The summed E-state index contributed by atoms with van der Waals surface area (Å²) in [6.07, 6.45) is 0.790. The fourth-order valence-corrected chi connectivity index (χ4v) is 7.13. The summed E-state index contributed by atoms with van der Waals surface area (Å²) in [6, 6.07) is 29.7. The van der Waals surface area contributed by atoms with Gasteiger partial charge in [-0.2, -0.15) is 4.72 Å². The molecule has 3 N–H and O–H groups in total. The van der Waals surface area contributed by atoms with E-state index in [4.69, 9.17) is 9.47 Å². The van der Waals surface area contributed by atoms with Crippen molar-refractivity contribution in [1.82, 2.24) is 9.62 Å². The fourth-order valence-electron chi connectivity index (χ4n) is 5.93. The Morgan fingerprint density at radius 1 is 0.939 bits per heavy atom. The Morgan fingerprint density at radius 2 is 1.65 bits per heavy atom. The van der Waals surface area contributed by atoms with Crippen LogP contribution in [0.1, 0.15) is 47.1 Å². The number of rotatable bonds is 14. The van der Waals surface area contributed by atoms with E-state index in [9.17, 15) is 18.3 Å². The number of aliphatic hydroxyl groups is 1. The van der Waals surface area contributed by atoms with Gasteiger partial charge in [0.15, 0.2) is 6.29 Å². The number of hydrogen-bond donors (Lipinski definition) is 3. The zero-order chi connectivity index (χ0) is 35.0. The Balaban J connectivity index is 1.39. The first-order chi connectivity index (χ1) is 23.6. The second-order valence-corrected chi connectivity index (χ2v) is 14.3. The van der Waals surface area contributed by atoms with Gasteiger partial charge in [0.05, 0.1) is 23.7 Å². The van der Waals surface area contributed by atoms with Gasteiger partial charge in [0, 0.05) is 30.3 Å². The van der Waals surface area contributed by atoms with Crippen molar-refractivity contribution >= 4 is 21.6 Å². The van der Waals surface area contributed by atoms with E-state index in [1.54, 1.807) is 24.3 Å². The molecule has 4 aromatic carbocycles. The molecule has 5 rings (SSSR count). The van der Waals surface area contributed by atoms with E-state index < -0.39 is 28.3 Å². The molecule has 0 unspecified atom stereocenters. The molecule has 258 valence electrons. The number of aliphatic hydroxyl groups excluding tert-OH is 1. The summed E-state index contributed by atoms with van der Waals surface area (Å²) in [7, 11) is -1.98. The van der Waals surface area contributed by atoms with Crippen molar-refractivity contribution in [2.75, 3.05) is 25.5 Å². The van der Waals surface area contributed by atoms with Crippen LogP contribution in [0, 0.1) is 12.8 Å². The number of hydrogen-bond acceptors (Lipinski definition) is 7. The summed E-state index contributed by atoms with van der Waals surface area (Å²) in [5, 5.41) is 12.5. The first kappa shape index (κ1) is 36.1. The molecule has 4 aromatic rings. The van der Waals surface area contributed by atoms with E-state index in [0.717, 1.165) is 22.3 Å². The number of carbonyl (C=O) groups excluding carboxylic acids is 1. The molecular weight excluding hydrogens is 639 g/mol. The lowest BCUT2D eigenvalue weighted by molar-refractivity contribution is -0.275. The number of aryl methyl sites for hydroxylation is 1. The van der Waals surface area contributed by atoms with Gasteiger partial charge in [0.25, 0.3) is 0 Å². The van der Waals surface area contributed by atoms with Gasteiger partial charge in [0.1, 0.15) is 6.04 Å². The van der Waals surface area contributed by atoms with Crippen LogP contribution < -0.4 is 10.0 Å². The van der Waals surface area contributed by atoms with Crippen LogP contribution in [0.4, 0.5) is 5.69 Å². The molecule has 10 heteroatoms. The highest BCUT2D eigenvalue weighted by Crippen LogP contribution is 2.42. The Morgan fingerprint density at radius 3 is 2.33 bits per heavy atom. The lowest BCUT2D eigenvalue weighted by Gasteiger charge is -2.42.